The Bertz CT molecular complexity index is 232. The highest BCUT2D eigenvalue weighted by Crippen LogP contribution is 2.05. The second-order valence-corrected chi connectivity index (χ2v) is 1.91. The van der Waals surface area contributed by atoms with E-state index in [9.17, 15) is 4.79 Å². The average molecular weight is 153 g/mol. The number of hydrogen-bond acceptors (Lipinski definition) is 4. The monoisotopic (exact) mass is 153 g/mol. The molecule has 0 aliphatic rings. The maximum atomic E-state index is 9.75. The Morgan fingerprint density at radius 3 is 3.00 bits per heavy atom. The maximum Gasteiger partial charge on any atom is 0.293 e. The van der Waals surface area contributed by atoms with Crippen LogP contribution in [0.3, 0.4) is 0 Å². The first-order chi connectivity index (χ1) is 5.33. The van der Waals surface area contributed by atoms with Gasteiger partial charge in [0.25, 0.3) is 6.47 Å². The fourth-order valence-corrected chi connectivity index (χ4v) is 0.621. The first-order valence-electron chi connectivity index (χ1n) is 3.02. The number of aromatic hydroxyl groups is 1. The van der Waals surface area contributed by atoms with Gasteiger partial charge in [-0.05, 0) is 12.1 Å². The van der Waals surface area contributed by atoms with Crippen molar-refractivity contribution in [3.05, 3.63) is 24.0 Å². The minimum Gasteiger partial charge on any atom is -0.506 e. The first kappa shape index (κ1) is 7.53. The van der Waals surface area contributed by atoms with E-state index < -0.39 is 0 Å². The molecule has 0 saturated heterocycles. The van der Waals surface area contributed by atoms with Crippen LogP contribution in [0.5, 0.6) is 5.75 Å². The largest absolute Gasteiger partial charge is 0.506 e. The van der Waals surface area contributed by atoms with Gasteiger partial charge in [0.2, 0.25) is 0 Å². The molecule has 0 spiro atoms. The van der Waals surface area contributed by atoms with Crippen LogP contribution in [0.4, 0.5) is 0 Å². The summed E-state index contributed by atoms with van der Waals surface area (Å²) in [6, 6.07) is 3.06. The lowest BCUT2D eigenvalue weighted by atomic mass is 10.3. The molecule has 1 N–H and O–H groups in total. The highest BCUT2D eigenvalue weighted by Gasteiger charge is 1.93. The molecule has 0 atom stereocenters. The van der Waals surface area contributed by atoms with Crippen molar-refractivity contribution >= 4 is 6.47 Å². The SMILES string of the molecule is O=COCc1ccc(O)cn1. The summed E-state index contributed by atoms with van der Waals surface area (Å²) in [5.41, 5.74) is 0.606. The molecule has 0 aliphatic heterocycles. The Balaban J connectivity index is 2.58. The summed E-state index contributed by atoms with van der Waals surface area (Å²) < 4.78 is 4.43. The third-order valence-electron chi connectivity index (χ3n) is 1.11. The highest BCUT2D eigenvalue weighted by atomic mass is 16.5. The van der Waals surface area contributed by atoms with Crippen molar-refractivity contribution in [1.82, 2.24) is 4.98 Å². The number of aromatic nitrogens is 1. The number of rotatable bonds is 3. The molecule has 4 nitrogen and oxygen atoms in total. The zero-order valence-electron chi connectivity index (χ0n) is 5.73. The summed E-state index contributed by atoms with van der Waals surface area (Å²) in [5.74, 6) is 0.0971. The molecule has 1 rings (SSSR count). The summed E-state index contributed by atoms with van der Waals surface area (Å²) in [4.78, 5) is 13.5. The third-order valence-corrected chi connectivity index (χ3v) is 1.11. The minimum absolute atomic E-state index is 0.0971. The van der Waals surface area contributed by atoms with Crippen LogP contribution in [-0.2, 0) is 16.1 Å². The van der Waals surface area contributed by atoms with Gasteiger partial charge >= 0.3 is 0 Å². The number of hydrogen-bond donors (Lipinski definition) is 1. The van der Waals surface area contributed by atoms with E-state index in [1.165, 1.54) is 12.3 Å². The Labute approximate surface area is 63.5 Å². The van der Waals surface area contributed by atoms with Crippen LogP contribution in [-0.4, -0.2) is 16.6 Å². The normalized spacial score (nSPS) is 9.09. The summed E-state index contributed by atoms with van der Waals surface area (Å²) >= 11 is 0. The fraction of sp³-hybridized carbons (Fsp3) is 0.143. The fourth-order valence-electron chi connectivity index (χ4n) is 0.621. The predicted octanol–water partition coefficient (Wildman–Crippen LogP) is 0.460. The number of pyridine rings is 1. The second kappa shape index (κ2) is 3.55. The molecular formula is C7H7NO3. The van der Waals surface area contributed by atoms with Gasteiger partial charge in [-0.25, -0.2) is 0 Å². The van der Waals surface area contributed by atoms with Crippen LogP contribution in [0.2, 0.25) is 0 Å². The first-order valence-corrected chi connectivity index (χ1v) is 3.02. The molecule has 11 heavy (non-hydrogen) atoms. The van der Waals surface area contributed by atoms with Crippen molar-refractivity contribution in [3.63, 3.8) is 0 Å². The molecule has 1 aromatic heterocycles. The van der Waals surface area contributed by atoms with Crippen LogP contribution in [0, 0.1) is 0 Å². The van der Waals surface area contributed by atoms with Crippen LogP contribution >= 0.6 is 0 Å². The highest BCUT2D eigenvalue weighted by molar-refractivity contribution is 5.37. The van der Waals surface area contributed by atoms with Crippen LogP contribution in [0.25, 0.3) is 0 Å². The van der Waals surface area contributed by atoms with Crippen molar-refractivity contribution in [1.29, 1.82) is 0 Å². The third kappa shape index (κ3) is 2.25. The molecule has 58 valence electrons. The van der Waals surface area contributed by atoms with Crippen molar-refractivity contribution < 1.29 is 14.6 Å². The molecule has 0 radical (unpaired) electrons. The zero-order valence-corrected chi connectivity index (χ0v) is 5.73. The Hall–Kier alpha value is -1.58. The van der Waals surface area contributed by atoms with E-state index in [1.54, 1.807) is 6.07 Å². The molecule has 0 unspecified atom stereocenters. The van der Waals surface area contributed by atoms with Gasteiger partial charge in [-0.2, -0.15) is 0 Å². The number of ether oxygens (including phenoxy) is 1. The Morgan fingerprint density at radius 1 is 1.64 bits per heavy atom. The van der Waals surface area contributed by atoms with Crippen molar-refractivity contribution in [2.24, 2.45) is 0 Å². The van der Waals surface area contributed by atoms with Gasteiger partial charge in [0.15, 0.2) is 0 Å². The minimum atomic E-state index is 0.0971. The molecule has 0 aliphatic carbocycles. The van der Waals surface area contributed by atoms with Crippen molar-refractivity contribution in [2.45, 2.75) is 6.61 Å². The number of nitrogens with zero attached hydrogens (tertiary/aromatic N) is 1. The second-order valence-electron chi connectivity index (χ2n) is 1.91. The molecule has 0 aromatic carbocycles. The molecule has 4 heteroatoms. The van der Waals surface area contributed by atoms with Gasteiger partial charge in [0.1, 0.15) is 12.4 Å². The standard InChI is InChI=1S/C7H7NO3/c9-5-11-4-6-1-2-7(10)3-8-6/h1-3,5,10H,4H2. The molecule has 0 fully saturated rings. The average Bonchev–Trinajstić information content (AvgIpc) is 2.04. The Morgan fingerprint density at radius 2 is 2.45 bits per heavy atom. The number of carbonyl (C=O) groups excluding carboxylic acids is 1. The summed E-state index contributed by atoms with van der Waals surface area (Å²) in [6.45, 7) is 0.498. The zero-order chi connectivity index (χ0) is 8.10. The van der Waals surface area contributed by atoms with E-state index in [4.69, 9.17) is 5.11 Å². The molecule has 1 aromatic rings. The van der Waals surface area contributed by atoms with E-state index in [-0.39, 0.29) is 12.4 Å². The van der Waals surface area contributed by atoms with Gasteiger partial charge in [-0.3, -0.25) is 9.78 Å². The van der Waals surface area contributed by atoms with Crippen LogP contribution < -0.4 is 0 Å². The van der Waals surface area contributed by atoms with E-state index in [0.717, 1.165) is 0 Å². The van der Waals surface area contributed by atoms with Gasteiger partial charge in [-0.1, -0.05) is 0 Å². The molecule has 0 amide bonds. The molecule has 1 heterocycles. The van der Waals surface area contributed by atoms with E-state index >= 15 is 0 Å². The summed E-state index contributed by atoms with van der Waals surface area (Å²) in [6.07, 6.45) is 1.30. The van der Waals surface area contributed by atoms with E-state index in [1.807, 2.05) is 0 Å². The lowest BCUT2D eigenvalue weighted by Crippen LogP contribution is -1.92. The van der Waals surface area contributed by atoms with Gasteiger partial charge < -0.3 is 9.84 Å². The lowest BCUT2D eigenvalue weighted by Gasteiger charge is -1.96. The van der Waals surface area contributed by atoms with Crippen molar-refractivity contribution in [3.8, 4) is 5.75 Å². The summed E-state index contributed by atoms with van der Waals surface area (Å²) in [5, 5.41) is 8.81. The lowest BCUT2D eigenvalue weighted by molar-refractivity contribution is -0.129. The van der Waals surface area contributed by atoms with Gasteiger partial charge in [0, 0.05) is 0 Å². The number of carbonyl (C=O) groups is 1. The van der Waals surface area contributed by atoms with Crippen LogP contribution in [0.15, 0.2) is 18.3 Å². The van der Waals surface area contributed by atoms with E-state index in [0.29, 0.717) is 12.2 Å². The van der Waals surface area contributed by atoms with Crippen molar-refractivity contribution in [2.75, 3.05) is 0 Å². The molecule has 0 saturated carbocycles. The van der Waals surface area contributed by atoms with E-state index in [2.05, 4.69) is 9.72 Å². The summed E-state index contributed by atoms with van der Waals surface area (Å²) in [7, 11) is 0. The quantitative estimate of drug-likeness (QED) is 0.641. The maximum absolute atomic E-state index is 9.75. The smallest absolute Gasteiger partial charge is 0.293 e. The topological polar surface area (TPSA) is 59.4 Å². The van der Waals surface area contributed by atoms with Gasteiger partial charge in [-0.15, -0.1) is 0 Å². The molecule has 0 bridgehead atoms. The molecular weight excluding hydrogens is 146 g/mol. The van der Waals surface area contributed by atoms with Crippen LogP contribution in [0.1, 0.15) is 5.69 Å². The predicted molar refractivity (Wildman–Crippen MR) is 36.8 cm³/mol. The Kier molecular flexibility index (Phi) is 2.43. The van der Waals surface area contributed by atoms with Gasteiger partial charge in [0.05, 0.1) is 11.9 Å².